The monoisotopic (exact) mass is 402 g/mol. The smallest absolute Gasteiger partial charge is 0.246 e. The number of benzene rings is 4. The van der Waals surface area contributed by atoms with Crippen LogP contribution in [0.1, 0.15) is 26.5 Å². The highest BCUT2D eigenvalue weighted by Crippen LogP contribution is 2.41. The molecule has 0 atom stereocenters. The van der Waals surface area contributed by atoms with Gasteiger partial charge in [-0.05, 0) is 16.2 Å². The van der Waals surface area contributed by atoms with Crippen LogP contribution in [-0.4, -0.2) is 9.97 Å². The van der Waals surface area contributed by atoms with Gasteiger partial charge in [0.1, 0.15) is 11.1 Å². The van der Waals surface area contributed by atoms with Gasteiger partial charge in [0, 0.05) is 16.4 Å². The van der Waals surface area contributed by atoms with Gasteiger partial charge in [0.15, 0.2) is 0 Å². The lowest BCUT2D eigenvalue weighted by Crippen LogP contribution is -2.16. The summed E-state index contributed by atoms with van der Waals surface area (Å²) in [5.74, 6) is 0. The van der Waals surface area contributed by atoms with Crippen molar-refractivity contribution in [3.05, 3.63) is 84.6 Å². The van der Waals surface area contributed by atoms with Gasteiger partial charge in [-0.1, -0.05) is 99.6 Å². The Bertz CT molecular complexity index is 1610. The standard InChI is InChI=1S/C28H22N2O/c1-28(2,3)26-23(17-11-5-4-6-12-17)30-27-24(29-26)22-20-15-9-7-13-18(20)19-14-8-10-16-21(19)25(22)31-27/h4-16H,1-3H3. The van der Waals surface area contributed by atoms with Crippen molar-refractivity contribution in [2.24, 2.45) is 0 Å². The molecule has 0 aliphatic rings. The van der Waals surface area contributed by atoms with Crippen molar-refractivity contribution in [2.75, 3.05) is 0 Å². The van der Waals surface area contributed by atoms with Gasteiger partial charge in [0.05, 0.1) is 16.8 Å². The number of nitrogens with zero attached hydrogens (tertiary/aromatic N) is 2. The fourth-order valence-electron chi connectivity index (χ4n) is 4.52. The molecule has 0 saturated carbocycles. The second-order valence-corrected chi connectivity index (χ2v) is 9.09. The van der Waals surface area contributed by atoms with E-state index in [1.165, 1.54) is 10.8 Å². The van der Waals surface area contributed by atoms with Crippen LogP contribution in [0.4, 0.5) is 0 Å². The molecule has 150 valence electrons. The van der Waals surface area contributed by atoms with Crippen molar-refractivity contribution in [3.8, 4) is 11.3 Å². The highest BCUT2D eigenvalue weighted by molar-refractivity contribution is 6.29. The lowest BCUT2D eigenvalue weighted by atomic mass is 9.88. The zero-order valence-electron chi connectivity index (χ0n) is 17.8. The molecular weight excluding hydrogens is 380 g/mol. The number of fused-ring (bicyclic) bond motifs is 8. The molecule has 3 heteroatoms. The minimum absolute atomic E-state index is 0.164. The van der Waals surface area contributed by atoms with Crippen LogP contribution in [0.2, 0.25) is 0 Å². The summed E-state index contributed by atoms with van der Waals surface area (Å²) in [4.78, 5) is 10.2. The average molecular weight is 402 g/mol. The van der Waals surface area contributed by atoms with E-state index in [9.17, 15) is 0 Å². The molecule has 0 aliphatic heterocycles. The molecule has 2 aromatic heterocycles. The van der Waals surface area contributed by atoms with Crippen LogP contribution in [0.15, 0.2) is 83.3 Å². The summed E-state index contributed by atoms with van der Waals surface area (Å²) in [7, 11) is 0. The van der Waals surface area contributed by atoms with E-state index in [0.29, 0.717) is 5.71 Å². The van der Waals surface area contributed by atoms with Crippen LogP contribution in [0.25, 0.3) is 55.0 Å². The molecule has 0 fully saturated rings. The Morgan fingerprint density at radius 1 is 0.645 bits per heavy atom. The molecule has 31 heavy (non-hydrogen) atoms. The third-order valence-electron chi connectivity index (χ3n) is 5.94. The molecule has 0 amide bonds. The van der Waals surface area contributed by atoms with E-state index >= 15 is 0 Å². The second kappa shape index (κ2) is 6.39. The lowest BCUT2D eigenvalue weighted by Gasteiger charge is -2.20. The zero-order chi connectivity index (χ0) is 21.2. The zero-order valence-corrected chi connectivity index (χ0v) is 17.8. The Labute approximate surface area is 180 Å². The maximum Gasteiger partial charge on any atom is 0.246 e. The summed E-state index contributed by atoms with van der Waals surface area (Å²) < 4.78 is 6.43. The third kappa shape index (κ3) is 2.66. The van der Waals surface area contributed by atoms with Crippen LogP contribution in [0.5, 0.6) is 0 Å². The lowest BCUT2D eigenvalue weighted by molar-refractivity contribution is 0.568. The van der Waals surface area contributed by atoms with Crippen molar-refractivity contribution in [3.63, 3.8) is 0 Å². The quantitative estimate of drug-likeness (QED) is 0.265. The van der Waals surface area contributed by atoms with Crippen molar-refractivity contribution < 1.29 is 4.42 Å². The third-order valence-corrected chi connectivity index (χ3v) is 5.94. The van der Waals surface area contributed by atoms with Crippen molar-refractivity contribution in [1.82, 2.24) is 9.97 Å². The van der Waals surface area contributed by atoms with E-state index in [1.807, 2.05) is 18.2 Å². The number of rotatable bonds is 1. The molecule has 2 heterocycles. The molecule has 0 unspecified atom stereocenters. The summed E-state index contributed by atoms with van der Waals surface area (Å²) >= 11 is 0. The van der Waals surface area contributed by atoms with Crippen molar-refractivity contribution in [2.45, 2.75) is 26.2 Å². The Hall–Kier alpha value is -3.72. The molecule has 0 saturated heterocycles. The van der Waals surface area contributed by atoms with Gasteiger partial charge in [0.2, 0.25) is 5.71 Å². The van der Waals surface area contributed by atoms with Gasteiger partial charge in [0.25, 0.3) is 0 Å². The van der Waals surface area contributed by atoms with E-state index in [1.54, 1.807) is 0 Å². The fourth-order valence-corrected chi connectivity index (χ4v) is 4.52. The molecule has 4 aromatic carbocycles. The first-order chi connectivity index (χ1) is 15.0. The molecule has 0 radical (unpaired) electrons. The van der Waals surface area contributed by atoms with Crippen LogP contribution in [-0.2, 0) is 5.41 Å². The molecular formula is C28H22N2O. The minimum atomic E-state index is -0.164. The van der Waals surface area contributed by atoms with E-state index in [4.69, 9.17) is 14.4 Å². The molecule has 0 N–H and O–H groups in total. The Balaban J connectivity index is 1.84. The maximum absolute atomic E-state index is 6.43. The highest BCUT2D eigenvalue weighted by atomic mass is 16.3. The Morgan fingerprint density at radius 2 is 1.23 bits per heavy atom. The molecule has 0 aliphatic carbocycles. The fraction of sp³-hybridized carbons (Fsp3) is 0.143. The Morgan fingerprint density at radius 3 is 1.90 bits per heavy atom. The van der Waals surface area contributed by atoms with E-state index in [2.05, 4.69) is 81.4 Å². The van der Waals surface area contributed by atoms with E-state index in [0.717, 1.165) is 44.2 Å². The summed E-state index contributed by atoms with van der Waals surface area (Å²) in [6.07, 6.45) is 0. The first kappa shape index (κ1) is 18.1. The van der Waals surface area contributed by atoms with Gasteiger partial charge in [-0.25, -0.2) is 9.97 Å². The predicted octanol–water partition coefficient (Wildman–Crippen LogP) is 7.65. The summed E-state index contributed by atoms with van der Waals surface area (Å²) in [5, 5.41) is 5.68. The number of hydrogen-bond donors (Lipinski definition) is 0. The average Bonchev–Trinajstić information content (AvgIpc) is 3.17. The van der Waals surface area contributed by atoms with E-state index < -0.39 is 0 Å². The number of furan rings is 1. The van der Waals surface area contributed by atoms with Crippen LogP contribution in [0, 0.1) is 0 Å². The van der Waals surface area contributed by atoms with Crippen LogP contribution in [0.3, 0.4) is 0 Å². The number of hydrogen-bond acceptors (Lipinski definition) is 3. The molecule has 6 rings (SSSR count). The molecule has 6 aromatic rings. The van der Waals surface area contributed by atoms with Gasteiger partial charge in [-0.15, -0.1) is 0 Å². The van der Waals surface area contributed by atoms with Gasteiger partial charge in [-0.3, -0.25) is 0 Å². The van der Waals surface area contributed by atoms with Crippen molar-refractivity contribution in [1.29, 1.82) is 0 Å². The molecule has 3 nitrogen and oxygen atoms in total. The normalized spacial score (nSPS) is 12.4. The highest BCUT2D eigenvalue weighted by Gasteiger charge is 2.26. The Kier molecular flexibility index (Phi) is 3.73. The van der Waals surface area contributed by atoms with Crippen molar-refractivity contribution >= 4 is 43.7 Å². The van der Waals surface area contributed by atoms with Gasteiger partial charge in [-0.2, -0.15) is 0 Å². The topological polar surface area (TPSA) is 38.9 Å². The largest absolute Gasteiger partial charge is 0.436 e. The number of aromatic nitrogens is 2. The van der Waals surface area contributed by atoms with E-state index in [-0.39, 0.29) is 5.41 Å². The second-order valence-electron chi connectivity index (χ2n) is 9.09. The van der Waals surface area contributed by atoms with Crippen LogP contribution < -0.4 is 0 Å². The van der Waals surface area contributed by atoms with Crippen LogP contribution >= 0.6 is 0 Å². The first-order valence-corrected chi connectivity index (χ1v) is 10.6. The predicted molar refractivity (Wildman–Crippen MR) is 128 cm³/mol. The SMILES string of the molecule is CC(C)(C)c1nc2c(nc1-c1ccccc1)oc1c3ccccc3c3ccccc3c21. The minimum Gasteiger partial charge on any atom is -0.436 e. The van der Waals surface area contributed by atoms with Gasteiger partial charge < -0.3 is 4.42 Å². The molecule has 0 spiro atoms. The molecule has 0 bridgehead atoms. The summed E-state index contributed by atoms with van der Waals surface area (Å²) in [6.45, 7) is 6.56. The summed E-state index contributed by atoms with van der Waals surface area (Å²) in [5.41, 5.74) is 5.03. The maximum atomic E-state index is 6.43. The summed E-state index contributed by atoms with van der Waals surface area (Å²) in [6, 6.07) is 27.1. The van der Waals surface area contributed by atoms with Gasteiger partial charge >= 0.3 is 0 Å². The first-order valence-electron chi connectivity index (χ1n) is 10.6.